The molecular weight excluding hydrogens is 472 g/mol. The lowest BCUT2D eigenvalue weighted by Gasteiger charge is -2.32. The van der Waals surface area contributed by atoms with Crippen molar-refractivity contribution in [3.05, 3.63) is 70.3 Å². The van der Waals surface area contributed by atoms with Gasteiger partial charge < -0.3 is 10.2 Å². The molecule has 1 N–H and O–H groups in total. The maximum absolute atomic E-state index is 13.5. The van der Waals surface area contributed by atoms with E-state index in [1.165, 1.54) is 23.1 Å². The fourth-order valence-electron chi connectivity index (χ4n) is 4.13. The molecule has 0 radical (unpaired) electrons. The predicted octanol–water partition coefficient (Wildman–Crippen LogP) is 2.84. The van der Waals surface area contributed by atoms with Gasteiger partial charge in [0.25, 0.3) is 5.69 Å². The average molecular weight is 503 g/mol. The highest BCUT2D eigenvalue weighted by Gasteiger charge is 2.31. The largest absolute Gasteiger partial charge is 0.352 e. The Labute approximate surface area is 205 Å². The third-order valence-corrected chi connectivity index (χ3v) is 7.21. The van der Waals surface area contributed by atoms with Crippen molar-refractivity contribution in [3.8, 4) is 0 Å². The first kappa shape index (κ1) is 26.1. The predicted molar refractivity (Wildman–Crippen MR) is 132 cm³/mol. The number of anilines is 1. The van der Waals surface area contributed by atoms with Crippen molar-refractivity contribution in [2.75, 3.05) is 17.1 Å². The van der Waals surface area contributed by atoms with Gasteiger partial charge in [0.2, 0.25) is 21.8 Å². The molecule has 0 saturated heterocycles. The van der Waals surface area contributed by atoms with E-state index < -0.39 is 33.4 Å². The summed E-state index contributed by atoms with van der Waals surface area (Å²) in [6.07, 6.45) is 4.79. The van der Waals surface area contributed by atoms with Crippen molar-refractivity contribution in [2.24, 2.45) is 0 Å². The molecule has 2 amide bonds. The smallest absolute Gasteiger partial charge is 0.271 e. The van der Waals surface area contributed by atoms with Gasteiger partial charge >= 0.3 is 0 Å². The second kappa shape index (κ2) is 11.3. The topological polar surface area (TPSA) is 130 Å². The number of benzene rings is 2. The Morgan fingerprint density at radius 2 is 1.77 bits per heavy atom. The van der Waals surface area contributed by atoms with Gasteiger partial charge in [-0.15, -0.1) is 0 Å². The van der Waals surface area contributed by atoms with E-state index in [1.807, 2.05) is 30.3 Å². The van der Waals surface area contributed by atoms with Gasteiger partial charge in [0, 0.05) is 24.7 Å². The van der Waals surface area contributed by atoms with Crippen LogP contribution in [0.2, 0.25) is 0 Å². The van der Waals surface area contributed by atoms with Crippen LogP contribution in [-0.2, 0) is 26.2 Å². The normalized spacial score (nSPS) is 14.8. The van der Waals surface area contributed by atoms with Crippen molar-refractivity contribution < 1.29 is 22.9 Å². The van der Waals surface area contributed by atoms with Gasteiger partial charge in [-0.25, -0.2) is 8.42 Å². The summed E-state index contributed by atoms with van der Waals surface area (Å²) in [4.78, 5) is 38.4. The molecule has 1 atom stereocenters. The highest BCUT2D eigenvalue weighted by molar-refractivity contribution is 7.92. The van der Waals surface area contributed by atoms with E-state index >= 15 is 0 Å². The molecule has 188 valence electrons. The van der Waals surface area contributed by atoms with Crippen LogP contribution in [0.5, 0.6) is 0 Å². The van der Waals surface area contributed by atoms with Crippen LogP contribution in [-0.4, -0.2) is 54.9 Å². The molecule has 35 heavy (non-hydrogen) atoms. The number of carbonyl (C=O) groups excluding carboxylic acids is 2. The molecular formula is C24H30N4O6S. The Hall–Kier alpha value is -3.47. The number of hydrogen-bond donors (Lipinski definition) is 1. The summed E-state index contributed by atoms with van der Waals surface area (Å²) in [5.74, 6) is -0.901. The van der Waals surface area contributed by atoms with E-state index in [2.05, 4.69) is 5.32 Å². The molecule has 1 aliphatic carbocycles. The van der Waals surface area contributed by atoms with Crippen LogP contribution in [0, 0.1) is 10.1 Å². The second-order valence-electron chi connectivity index (χ2n) is 8.72. The minimum Gasteiger partial charge on any atom is -0.352 e. The molecule has 0 aliphatic heterocycles. The maximum Gasteiger partial charge on any atom is 0.271 e. The average Bonchev–Trinajstić information content (AvgIpc) is 3.33. The van der Waals surface area contributed by atoms with Crippen LogP contribution in [0.4, 0.5) is 11.4 Å². The lowest BCUT2D eigenvalue weighted by atomic mass is 10.1. The van der Waals surface area contributed by atoms with Gasteiger partial charge in [0.05, 0.1) is 16.9 Å². The highest BCUT2D eigenvalue weighted by atomic mass is 32.2. The van der Waals surface area contributed by atoms with E-state index in [-0.39, 0.29) is 29.9 Å². The summed E-state index contributed by atoms with van der Waals surface area (Å²) in [6, 6.07) is 13.4. The Balaban J connectivity index is 1.88. The molecule has 0 bridgehead atoms. The number of non-ortho nitro benzene ring substituents is 1. The third kappa shape index (κ3) is 7.01. The Bertz CT molecular complexity index is 1170. The van der Waals surface area contributed by atoms with Crippen LogP contribution >= 0.6 is 0 Å². The molecule has 0 heterocycles. The first-order valence-electron chi connectivity index (χ1n) is 11.4. The lowest BCUT2D eigenvalue weighted by molar-refractivity contribution is -0.384. The summed E-state index contributed by atoms with van der Waals surface area (Å²) in [7, 11) is -3.96. The van der Waals surface area contributed by atoms with Gasteiger partial charge in [-0.05, 0) is 31.4 Å². The monoisotopic (exact) mass is 502 g/mol. The number of amides is 2. The van der Waals surface area contributed by atoms with Gasteiger partial charge in [0.1, 0.15) is 12.6 Å². The van der Waals surface area contributed by atoms with Gasteiger partial charge in [-0.3, -0.25) is 24.0 Å². The summed E-state index contributed by atoms with van der Waals surface area (Å²) < 4.78 is 26.0. The fraction of sp³-hybridized carbons (Fsp3) is 0.417. The lowest BCUT2D eigenvalue weighted by Crippen LogP contribution is -2.52. The maximum atomic E-state index is 13.5. The number of nitro groups is 1. The zero-order valence-electron chi connectivity index (χ0n) is 19.8. The Morgan fingerprint density at radius 1 is 1.11 bits per heavy atom. The SMILES string of the molecule is C[C@H](C(=O)NC1CCCC1)N(Cc1ccccc1)C(=O)CN(c1cccc([N+](=O)[O-])c1)S(C)(=O)=O. The van der Waals surface area contributed by atoms with E-state index in [4.69, 9.17) is 0 Å². The van der Waals surface area contributed by atoms with Crippen molar-refractivity contribution >= 4 is 33.2 Å². The summed E-state index contributed by atoms with van der Waals surface area (Å²) >= 11 is 0. The molecule has 2 aromatic carbocycles. The fourth-order valence-corrected chi connectivity index (χ4v) is 4.97. The summed E-state index contributed by atoms with van der Waals surface area (Å²) in [6.45, 7) is 1.11. The standard InChI is InChI=1S/C24H30N4O6S/c1-18(24(30)25-20-11-6-7-12-20)26(16-19-9-4-3-5-10-19)23(29)17-27(35(2,33)34)21-13-8-14-22(15-21)28(31)32/h3-5,8-10,13-15,18,20H,6-7,11-12,16-17H2,1-2H3,(H,25,30)/t18-/m1/s1. The van der Waals surface area contributed by atoms with Gasteiger partial charge in [-0.2, -0.15) is 0 Å². The van der Waals surface area contributed by atoms with Crippen LogP contribution in [0.1, 0.15) is 38.2 Å². The van der Waals surface area contributed by atoms with E-state index in [0.29, 0.717) is 0 Å². The molecule has 0 unspecified atom stereocenters. The molecule has 0 aromatic heterocycles. The van der Waals surface area contributed by atoms with Crippen molar-refractivity contribution in [1.82, 2.24) is 10.2 Å². The molecule has 10 nitrogen and oxygen atoms in total. The number of rotatable bonds is 10. The molecule has 1 fully saturated rings. The van der Waals surface area contributed by atoms with Crippen LogP contribution in [0.15, 0.2) is 54.6 Å². The molecule has 1 saturated carbocycles. The number of sulfonamides is 1. The van der Waals surface area contributed by atoms with Crippen molar-refractivity contribution in [2.45, 2.75) is 51.2 Å². The highest BCUT2D eigenvalue weighted by Crippen LogP contribution is 2.24. The molecule has 0 spiro atoms. The second-order valence-corrected chi connectivity index (χ2v) is 10.6. The Morgan fingerprint density at radius 3 is 2.37 bits per heavy atom. The third-order valence-electron chi connectivity index (χ3n) is 6.07. The van der Waals surface area contributed by atoms with Crippen LogP contribution < -0.4 is 9.62 Å². The first-order valence-corrected chi connectivity index (χ1v) is 13.3. The van der Waals surface area contributed by atoms with Crippen LogP contribution in [0.3, 0.4) is 0 Å². The number of nitrogens with zero attached hydrogens (tertiary/aromatic N) is 3. The molecule has 1 aliphatic rings. The zero-order valence-corrected chi connectivity index (χ0v) is 20.6. The van der Waals surface area contributed by atoms with Crippen LogP contribution in [0.25, 0.3) is 0 Å². The number of carbonyl (C=O) groups is 2. The molecule has 2 aromatic rings. The van der Waals surface area contributed by atoms with E-state index in [0.717, 1.165) is 47.9 Å². The minimum atomic E-state index is -3.96. The molecule has 3 rings (SSSR count). The Kier molecular flexibility index (Phi) is 8.44. The zero-order chi connectivity index (χ0) is 25.6. The minimum absolute atomic E-state index is 0.00206. The van der Waals surface area contributed by atoms with Crippen molar-refractivity contribution in [1.29, 1.82) is 0 Å². The number of nitrogens with one attached hydrogen (secondary N) is 1. The number of hydrogen-bond acceptors (Lipinski definition) is 6. The van der Waals surface area contributed by atoms with Gasteiger partial charge in [-0.1, -0.05) is 49.2 Å². The first-order chi connectivity index (χ1) is 16.6. The number of nitro benzene ring substituents is 1. The van der Waals surface area contributed by atoms with E-state index in [1.54, 1.807) is 6.92 Å². The van der Waals surface area contributed by atoms with Crippen molar-refractivity contribution in [3.63, 3.8) is 0 Å². The molecule has 11 heteroatoms. The van der Waals surface area contributed by atoms with E-state index in [9.17, 15) is 28.1 Å². The summed E-state index contributed by atoms with van der Waals surface area (Å²) in [5, 5.41) is 14.2. The van der Waals surface area contributed by atoms with Gasteiger partial charge in [0.15, 0.2) is 0 Å². The summed E-state index contributed by atoms with van der Waals surface area (Å²) in [5.41, 5.74) is 0.481. The quantitative estimate of drug-likeness (QED) is 0.393.